The van der Waals surface area contributed by atoms with Gasteiger partial charge in [0.25, 0.3) is 5.56 Å². The van der Waals surface area contributed by atoms with Gasteiger partial charge in [-0.2, -0.15) is 0 Å². The molecule has 0 spiro atoms. The Morgan fingerprint density at radius 1 is 0.933 bits per heavy atom. The minimum atomic E-state index is -0.0390. The van der Waals surface area contributed by atoms with Crippen molar-refractivity contribution >= 4 is 22.5 Å². The fraction of sp³-hybridized carbons (Fsp3) is 0.160. The van der Waals surface area contributed by atoms with Crippen LogP contribution in [0.2, 0.25) is 5.02 Å². The van der Waals surface area contributed by atoms with Gasteiger partial charge < -0.3 is 14.6 Å². The molecule has 1 N–H and O–H groups in total. The number of rotatable bonds is 6. The highest BCUT2D eigenvalue weighted by Gasteiger charge is 2.10. The highest BCUT2D eigenvalue weighted by atomic mass is 35.5. The summed E-state index contributed by atoms with van der Waals surface area (Å²) in [5.41, 5.74) is 5.04. The van der Waals surface area contributed by atoms with Gasteiger partial charge in [-0.1, -0.05) is 41.9 Å². The number of hydrogen-bond donors (Lipinski definition) is 1. The van der Waals surface area contributed by atoms with E-state index in [2.05, 4.69) is 29.6 Å². The van der Waals surface area contributed by atoms with Crippen LogP contribution < -0.4 is 15.6 Å². The topological polar surface area (TPSA) is 43.3 Å². The van der Waals surface area contributed by atoms with Crippen LogP contribution in [0.25, 0.3) is 22.0 Å². The predicted molar refractivity (Wildman–Crippen MR) is 123 cm³/mol. The number of benzene rings is 3. The molecular weight excluding hydrogens is 396 g/mol. The maximum absolute atomic E-state index is 12.5. The van der Waals surface area contributed by atoms with Crippen molar-refractivity contribution < 1.29 is 4.74 Å². The number of fused-ring (bicyclic) bond motifs is 1. The number of aryl methyl sites for hydroxylation is 1. The molecule has 4 nitrogen and oxygen atoms in total. The summed E-state index contributed by atoms with van der Waals surface area (Å²) in [7, 11) is 3.47. The Morgan fingerprint density at radius 2 is 1.67 bits per heavy atom. The molecule has 0 aliphatic rings. The first-order valence-corrected chi connectivity index (χ1v) is 10.2. The second-order valence-electron chi connectivity index (χ2n) is 7.27. The van der Waals surface area contributed by atoms with E-state index in [1.807, 2.05) is 42.5 Å². The molecule has 3 aromatic carbocycles. The number of methoxy groups -OCH3 is 1. The minimum absolute atomic E-state index is 0.0390. The highest BCUT2D eigenvalue weighted by Crippen LogP contribution is 2.29. The van der Waals surface area contributed by atoms with E-state index < -0.39 is 0 Å². The van der Waals surface area contributed by atoms with Crippen molar-refractivity contribution in [1.29, 1.82) is 0 Å². The zero-order valence-electron chi connectivity index (χ0n) is 17.0. The number of ether oxygens (including phenoxy) is 1. The Hall–Kier alpha value is -3.08. The number of halogens is 1. The Labute approximate surface area is 180 Å². The van der Waals surface area contributed by atoms with Gasteiger partial charge in [-0.15, -0.1) is 0 Å². The van der Waals surface area contributed by atoms with E-state index in [0.717, 1.165) is 46.4 Å². The summed E-state index contributed by atoms with van der Waals surface area (Å²) in [5, 5.41) is 5.17. The molecule has 152 valence electrons. The van der Waals surface area contributed by atoms with Crippen molar-refractivity contribution in [2.24, 2.45) is 7.05 Å². The largest absolute Gasteiger partial charge is 0.497 e. The third kappa shape index (κ3) is 4.25. The van der Waals surface area contributed by atoms with Crippen molar-refractivity contribution in [2.75, 3.05) is 7.11 Å². The molecule has 4 aromatic rings. The zero-order chi connectivity index (χ0) is 21.1. The number of hydrogen-bond acceptors (Lipinski definition) is 3. The average molecular weight is 419 g/mol. The standard InChI is InChI=1S/C25H23ClN2O2/c1-28-24-11-8-18(16-27-15-17-6-9-21(30-2)10-7-17)12-23(24)22(14-25(28)29)19-4-3-5-20(26)13-19/h3-14,27H,15-16H2,1-2H3. The molecule has 5 heteroatoms. The van der Waals surface area contributed by atoms with Gasteiger partial charge in [0.2, 0.25) is 0 Å². The van der Waals surface area contributed by atoms with Gasteiger partial charge in [0.1, 0.15) is 5.75 Å². The Morgan fingerprint density at radius 3 is 2.40 bits per heavy atom. The van der Waals surface area contributed by atoms with E-state index in [-0.39, 0.29) is 5.56 Å². The Balaban J connectivity index is 1.63. The molecule has 0 fully saturated rings. The van der Waals surface area contributed by atoms with Crippen LogP contribution in [0.1, 0.15) is 11.1 Å². The van der Waals surface area contributed by atoms with Gasteiger partial charge in [-0.05, 0) is 58.7 Å². The summed E-state index contributed by atoms with van der Waals surface area (Å²) in [6, 6.07) is 23.5. The molecule has 0 saturated heterocycles. The lowest BCUT2D eigenvalue weighted by Gasteiger charge is -2.13. The molecule has 0 saturated carbocycles. The van der Waals surface area contributed by atoms with Crippen LogP contribution in [-0.4, -0.2) is 11.7 Å². The molecular formula is C25H23ClN2O2. The zero-order valence-corrected chi connectivity index (χ0v) is 17.7. The maximum Gasteiger partial charge on any atom is 0.251 e. The average Bonchev–Trinajstić information content (AvgIpc) is 2.76. The molecule has 0 radical (unpaired) electrons. The molecule has 0 atom stereocenters. The van der Waals surface area contributed by atoms with Gasteiger partial charge >= 0.3 is 0 Å². The van der Waals surface area contributed by atoms with Crippen molar-refractivity contribution in [2.45, 2.75) is 13.1 Å². The SMILES string of the molecule is COc1ccc(CNCc2ccc3c(c2)c(-c2cccc(Cl)c2)cc(=O)n3C)cc1. The van der Waals surface area contributed by atoms with Gasteiger partial charge in [0, 0.05) is 36.6 Å². The van der Waals surface area contributed by atoms with E-state index in [9.17, 15) is 4.79 Å². The summed E-state index contributed by atoms with van der Waals surface area (Å²) < 4.78 is 6.88. The Kier molecular flexibility index (Phi) is 5.88. The lowest BCUT2D eigenvalue weighted by molar-refractivity contribution is 0.414. The van der Waals surface area contributed by atoms with Crippen LogP contribution in [0.5, 0.6) is 5.75 Å². The first kappa shape index (κ1) is 20.2. The molecule has 30 heavy (non-hydrogen) atoms. The van der Waals surface area contributed by atoms with E-state index >= 15 is 0 Å². The fourth-order valence-corrected chi connectivity index (χ4v) is 3.80. The van der Waals surface area contributed by atoms with Gasteiger partial charge in [0.15, 0.2) is 0 Å². The van der Waals surface area contributed by atoms with Crippen molar-refractivity contribution in [3.63, 3.8) is 0 Å². The van der Waals surface area contributed by atoms with Crippen LogP contribution in [0.4, 0.5) is 0 Å². The van der Waals surface area contributed by atoms with Gasteiger partial charge in [-0.3, -0.25) is 4.79 Å². The second-order valence-corrected chi connectivity index (χ2v) is 7.71. The number of nitrogens with one attached hydrogen (secondary N) is 1. The smallest absolute Gasteiger partial charge is 0.251 e. The highest BCUT2D eigenvalue weighted by molar-refractivity contribution is 6.30. The third-order valence-corrected chi connectivity index (χ3v) is 5.50. The van der Waals surface area contributed by atoms with E-state index in [1.165, 1.54) is 5.56 Å². The van der Waals surface area contributed by atoms with Crippen LogP contribution >= 0.6 is 11.6 Å². The van der Waals surface area contributed by atoms with Crippen LogP contribution in [-0.2, 0) is 20.1 Å². The van der Waals surface area contributed by atoms with Crippen LogP contribution in [0.3, 0.4) is 0 Å². The number of nitrogens with zero attached hydrogens (tertiary/aromatic N) is 1. The maximum atomic E-state index is 12.5. The first-order valence-electron chi connectivity index (χ1n) is 9.77. The molecule has 0 amide bonds. The molecule has 1 heterocycles. The monoisotopic (exact) mass is 418 g/mol. The van der Waals surface area contributed by atoms with Gasteiger partial charge in [-0.25, -0.2) is 0 Å². The summed E-state index contributed by atoms with van der Waals surface area (Å²) in [6.07, 6.45) is 0. The summed E-state index contributed by atoms with van der Waals surface area (Å²) >= 11 is 6.19. The van der Waals surface area contributed by atoms with E-state index in [0.29, 0.717) is 5.02 Å². The van der Waals surface area contributed by atoms with Crippen molar-refractivity contribution in [3.05, 3.63) is 99.3 Å². The molecule has 0 aliphatic carbocycles. The van der Waals surface area contributed by atoms with E-state index in [1.54, 1.807) is 24.8 Å². The molecule has 0 bridgehead atoms. The lowest BCUT2D eigenvalue weighted by Crippen LogP contribution is -2.17. The van der Waals surface area contributed by atoms with Crippen LogP contribution in [0, 0.1) is 0 Å². The number of aromatic nitrogens is 1. The predicted octanol–water partition coefficient (Wildman–Crippen LogP) is 5.16. The number of pyridine rings is 1. The summed E-state index contributed by atoms with van der Waals surface area (Å²) in [5.74, 6) is 0.854. The quantitative estimate of drug-likeness (QED) is 0.470. The van der Waals surface area contributed by atoms with E-state index in [4.69, 9.17) is 16.3 Å². The second kappa shape index (κ2) is 8.74. The van der Waals surface area contributed by atoms with Crippen LogP contribution in [0.15, 0.2) is 77.6 Å². The third-order valence-electron chi connectivity index (χ3n) is 5.26. The molecule has 0 aliphatic heterocycles. The molecule has 1 aromatic heterocycles. The first-order chi connectivity index (χ1) is 14.5. The fourth-order valence-electron chi connectivity index (χ4n) is 3.61. The summed E-state index contributed by atoms with van der Waals surface area (Å²) in [4.78, 5) is 12.5. The van der Waals surface area contributed by atoms with Crippen molar-refractivity contribution in [3.8, 4) is 16.9 Å². The molecule has 4 rings (SSSR count). The van der Waals surface area contributed by atoms with Gasteiger partial charge in [0.05, 0.1) is 12.6 Å². The minimum Gasteiger partial charge on any atom is -0.497 e. The van der Waals surface area contributed by atoms with Crippen molar-refractivity contribution in [1.82, 2.24) is 9.88 Å². The summed E-state index contributed by atoms with van der Waals surface area (Å²) in [6.45, 7) is 1.48. The normalized spacial score (nSPS) is 11.0. The Bertz CT molecular complexity index is 1250. The molecule has 0 unspecified atom stereocenters. The lowest BCUT2D eigenvalue weighted by atomic mass is 9.99.